The predicted octanol–water partition coefficient (Wildman–Crippen LogP) is 4.49. The first kappa shape index (κ1) is 16.7. The number of rotatable bonds is 4. The van der Waals surface area contributed by atoms with Crippen molar-refractivity contribution in [3.63, 3.8) is 0 Å². The average molecular weight is 452 g/mol. The average Bonchev–Trinajstić information content (AvgIpc) is 2.92. The second-order valence-corrected chi connectivity index (χ2v) is 6.61. The number of carbonyl (C=O) groups excluding carboxylic acids is 2. The first-order valence-corrected chi connectivity index (χ1v) is 8.62. The fourth-order valence-electron chi connectivity index (χ4n) is 2.20. The number of aromatic nitrogens is 1. The molecule has 1 heterocycles. The van der Waals surface area contributed by atoms with Gasteiger partial charge in [0.15, 0.2) is 6.61 Å². The van der Waals surface area contributed by atoms with Crippen LogP contribution in [0.1, 0.15) is 10.5 Å². The molecule has 0 saturated heterocycles. The number of benzene rings is 2. The molecule has 0 unspecified atom stereocenters. The Morgan fingerprint density at radius 2 is 1.75 bits per heavy atom. The van der Waals surface area contributed by atoms with Gasteiger partial charge < -0.3 is 15.0 Å². The number of fused-ring (bicyclic) bond motifs is 1. The molecule has 1 amide bonds. The summed E-state index contributed by atoms with van der Waals surface area (Å²) in [6, 6.07) is 14.7. The van der Waals surface area contributed by atoms with Crippen LogP contribution in [0.15, 0.2) is 57.5 Å². The van der Waals surface area contributed by atoms with Crippen LogP contribution in [0.3, 0.4) is 0 Å². The van der Waals surface area contributed by atoms with Gasteiger partial charge in [0.25, 0.3) is 5.91 Å². The van der Waals surface area contributed by atoms with Gasteiger partial charge in [0.05, 0.1) is 10.2 Å². The third-order valence-corrected chi connectivity index (χ3v) is 4.84. The van der Waals surface area contributed by atoms with Crippen molar-refractivity contribution in [2.75, 3.05) is 11.9 Å². The van der Waals surface area contributed by atoms with E-state index in [2.05, 4.69) is 42.2 Å². The fraction of sp³-hybridized carbons (Fsp3) is 0.0588. The van der Waals surface area contributed by atoms with Gasteiger partial charge in [-0.15, -0.1) is 0 Å². The number of amides is 1. The number of para-hydroxylation sites is 2. The van der Waals surface area contributed by atoms with Gasteiger partial charge in [-0.2, -0.15) is 0 Å². The summed E-state index contributed by atoms with van der Waals surface area (Å²) in [5.41, 5.74) is 1.71. The number of aromatic amines is 1. The van der Waals surface area contributed by atoms with E-state index >= 15 is 0 Å². The topological polar surface area (TPSA) is 71.2 Å². The molecule has 2 aromatic carbocycles. The molecule has 0 bridgehead atoms. The zero-order valence-electron chi connectivity index (χ0n) is 12.3. The van der Waals surface area contributed by atoms with E-state index in [0.29, 0.717) is 10.2 Å². The van der Waals surface area contributed by atoms with Crippen LogP contribution < -0.4 is 5.32 Å². The van der Waals surface area contributed by atoms with E-state index in [1.165, 1.54) is 0 Å². The van der Waals surface area contributed by atoms with Gasteiger partial charge in [0, 0.05) is 15.4 Å². The molecule has 0 radical (unpaired) electrons. The Labute approximate surface area is 154 Å². The van der Waals surface area contributed by atoms with Crippen molar-refractivity contribution in [2.24, 2.45) is 0 Å². The Balaban J connectivity index is 1.65. The van der Waals surface area contributed by atoms with E-state index in [-0.39, 0.29) is 12.3 Å². The first-order chi connectivity index (χ1) is 11.6. The molecule has 0 saturated carbocycles. The van der Waals surface area contributed by atoms with Crippen LogP contribution in [0.2, 0.25) is 0 Å². The molecule has 5 nitrogen and oxygen atoms in total. The van der Waals surface area contributed by atoms with Crippen LogP contribution in [0, 0.1) is 0 Å². The molecule has 0 atom stereocenters. The monoisotopic (exact) mass is 450 g/mol. The van der Waals surface area contributed by atoms with Crippen molar-refractivity contribution in [2.45, 2.75) is 0 Å². The summed E-state index contributed by atoms with van der Waals surface area (Å²) in [6.45, 7) is -0.373. The molecule has 24 heavy (non-hydrogen) atoms. The second kappa shape index (κ2) is 7.19. The highest BCUT2D eigenvalue weighted by atomic mass is 79.9. The molecule has 7 heteroatoms. The van der Waals surface area contributed by atoms with Gasteiger partial charge in [-0.25, -0.2) is 4.79 Å². The predicted molar refractivity (Wildman–Crippen MR) is 99.1 cm³/mol. The summed E-state index contributed by atoms with van der Waals surface area (Å²) in [5, 5.41) is 3.55. The maximum atomic E-state index is 12.2. The van der Waals surface area contributed by atoms with Gasteiger partial charge in [-0.3, -0.25) is 4.79 Å². The normalized spacial score (nSPS) is 10.6. The minimum Gasteiger partial charge on any atom is -0.451 e. The molecular weight excluding hydrogens is 440 g/mol. The second-order valence-electron chi connectivity index (χ2n) is 4.96. The third-order valence-electron chi connectivity index (χ3n) is 3.33. The standard InChI is InChI=1S/C17H12Br2N2O3/c18-11-6-2-4-8-13(11)20-14(22)9-24-17(23)16-15(19)10-5-1-3-7-12(10)21-16/h1-8,21H,9H2,(H,20,22). The van der Waals surface area contributed by atoms with Crippen LogP contribution >= 0.6 is 31.9 Å². The number of halogens is 2. The lowest BCUT2D eigenvalue weighted by atomic mass is 10.2. The summed E-state index contributed by atoms with van der Waals surface area (Å²) in [7, 11) is 0. The minimum absolute atomic E-state index is 0.282. The van der Waals surface area contributed by atoms with Crippen LogP contribution in [-0.4, -0.2) is 23.5 Å². The number of H-pyrrole nitrogens is 1. The van der Waals surface area contributed by atoms with Crippen LogP contribution in [0.4, 0.5) is 5.69 Å². The van der Waals surface area contributed by atoms with Crippen molar-refractivity contribution in [3.8, 4) is 0 Å². The Hall–Kier alpha value is -2.12. The van der Waals surface area contributed by atoms with Gasteiger partial charge in [-0.1, -0.05) is 30.3 Å². The molecule has 1 aromatic heterocycles. The van der Waals surface area contributed by atoms with E-state index in [9.17, 15) is 9.59 Å². The maximum absolute atomic E-state index is 12.2. The number of ether oxygens (including phenoxy) is 1. The summed E-state index contributed by atoms with van der Waals surface area (Å²) >= 11 is 6.72. The highest BCUT2D eigenvalue weighted by Crippen LogP contribution is 2.28. The highest BCUT2D eigenvalue weighted by molar-refractivity contribution is 9.11. The van der Waals surface area contributed by atoms with Crippen molar-refractivity contribution >= 4 is 60.3 Å². The smallest absolute Gasteiger partial charge is 0.356 e. The van der Waals surface area contributed by atoms with Crippen molar-refractivity contribution in [1.82, 2.24) is 4.98 Å². The van der Waals surface area contributed by atoms with Crippen LogP contribution in [0.5, 0.6) is 0 Å². The van der Waals surface area contributed by atoms with E-state index < -0.39 is 11.9 Å². The number of esters is 1. The molecule has 0 aliphatic carbocycles. The molecule has 2 N–H and O–H groups in total. The van der Waals surface area contributed by atoms with Gasteiger partial charge >= 0.3 is 5.97 Å². The molecule has 0 fully saturated rings. The number of carbonyl (C=O) groups is 2. The van der Waals surface area contributed by atoms with Crippen molar-refractivity contribution < 1.29 is 14.3 Å². The quantitative estimate of drug-likeness (QED) is 0.574. The fourth-order valence-corrected chi connectivity index (χ4v) is 3.19. The van der Waals surface area contributed by atoms with E-state index in [1.807, 2.05) is 36.4 Å². The molecule has 0 spiro atoms. The lowest BCUT2D eigenvalue weighted by Crippen LogP contribution is -2.21. The Kier molecular flexibility index (Phi) is 5.01. The lowest BCUT2D eigenvalue weighted by Gasteiger charge is -2.07. The van der Waals surface area contributed by atoms with E-state index in [4.69, 9.17) is 4.74 Å². The lowest BCUT2D eigenvalue weighted by molar-refractivity contribution is -0.119. The van der Waals surface area contributed by atoms with Crippen LogP contribution in [-0.2, 0) is 9.53 Å². The molecule has 3 aromatic rings. The molecular formula is C17H12Br2N2O3. The Morgan fingerprint density at radius 3 is 2.50 bits per heavy atom. The SMILES string of the molecule is O=C(COC(=O)c1[nH]c2ccccc2c1Br)Nc1ccccc1Br. The van der Waals surface area contributed by atoms with Gasteiger partial charge in [0.2, 0.25) is 0 Å². The summed E-state index contributed by atoms with van der Waals surface area (Å²) in [6.07, 6.45) is 0. The minimum atomic E-state index is -0.597. The van der Waals surface area contributed by atoms with Crippen LogP contribution in [0.25, 0.3) is 10.9 Å². The molecule has 3 rings (SSSR count). The molecule has 0 aliphatic rings. The maximum Gasteiger partial charge on any atom is 0.356 e. The number of hydrogen-bond donors (Lipinski definition) is 2. The highest BCUT2D eigenvalue weighted by Gasteiger charge is 2.18. The summed E-state index contributed by atoms with van der Waals surface area (Å²) < 4.78 is 6.46. The summed E-state index contributed by atoms with van der Waals surface area (Å²) in [4.78, 5) is 27.1. The Bertz CT molecular complexity index is 921. The van der Waals surface area contributed by atoms with Crippen molar-refractivity contribution in [1.29, 1.82) is 0 Å². The number of anilines is 1. The number of nitrogens with one attached hydrogen (secondary N) is 2. The van der Waals surface area contributed by atoms with Gasteiger partial charge in [0.1, 0.15) is 5.69 Å². The van der Waals surface area contributed by atoms with E-state index in [1.54, 1.807) is 12.1 Å². The number of hydrogen-bond acceptors (Lipinski definition) is 3. The summed E-state index contributed by atoms with van der Waals surface area (Å²) in [5.74, 6) is -1.01. The first-order valence-electron chi connectivity index (χ1n) is 7.04. The molecule has 0 aliphatic heterocycles. The third kappa shape index (κ3) is 3.52. The largest absolute Gasteiger partial charge is 0.451 e. The zero-order valence-corrected chi connectivity index (χ0v) is 15.5. The van der Waals surface area contributed by atoms with E-state index in [0.717, 1.165) is 15.4 Å². The zero-order chi connectivity index (χ0) is 17.1. The van der Waals surface area contributed by atoms with Gasteiger partial charge in [-0.05, 0) is 50.1 Å². The Morgan fingerprint density at radius 1 is 1.04 bits per heavy atom. The molecule has 122 valence electrons. The van der Waals surface area contributed by atoms with Crippen molar-refractivity contribution in [3.05, 3.63) is 63.2 Å².